The van der Waals surface area contributed by atoms with Gasteiger partial charge < -0.3 is 20.1 Å². The van der Waals surface area contributed by atoms with Crippen molar-refractivity contribution in [2.24, 2.45) is 0 Å². The maximum absolute atomic E-state index is 12.4. The first-order valence-electron chi connectivity index (χ1n) is 8.48. The molecule has 0 saturated carbocycles. The number of hydrogen-bond acceptors (Lipinski definition) is 4. The lowest BCUT2D eigenvalue weighted by atomic mass is 10.0. The summed E-state index contributed by atoms with van der Waals surface area (Å²) in [6.07, 6.45) is -0.907. The lowest BCUT2D eigenvalue weighted by molar-refractivity contribution is -0.130. The zero-order valence-electron chi connectivity index (χ0n) is 15.0. The fraction of sp³-hybridized carbons (Fsp3) is 0.300. The quantitative estimate of drug-likeness (QED) is 0.865. The number of fused-ring (bicyclic) bond motifs is 1. The Bertz CT molecular complexity index is 834. The highest BCUT2D eigenvalue weighted by Crippen LogP contribution is 2.30. The molecule has 0 fully saturated rings. The van der Waals surface area contributed by atoms with Crippen LogP contribution in [0.25, 0.3) is 0 Å². The third kappa shape index (κ3) is 3.79. The Kier molecular flexibility index (Phi) is 5.11. The summed E-state index contributed by atoms with van der Waals surface area (Å²) in [5.41, 5.74) is 2.58. The Balaban J connectivity index is 1.66. The van der Waals surface area contributed by atoms with Gasteiger partial charge >= 0.3 is 0 Å². The van der Waals surface area contributed by atoms with Gasteiger partial charge in [0.1, 0.15) is 11.5 Å². The normalized spacial score (nSPS) is 16.7. The van der Waals surface area contributed by atoms with Gasteiger partial charge in [0.15, 0.2) is 6.10 Å². The molecule has 6 heteroatoms. The van der Waals surface area contributed by atoms with Gasteiger partial charge in [0, 0.05) is 5.56 Å². The molecule has 0 saturated heterocycles. The van der Waals surface area contributed by atoms with Crippen LogP contribution in [0, 0.1) is 6.92 Å². The van der Waals surface area contributed by atoms with Crippen molar-refractivity contribution in [1.29, 1.82) is 0 Å². The molecule has 2 aromatic carbocycles. The fourth-order valence-electron chi connectivity index (χ4n) is 2.97. The molecule has 2 amide bonds. The van der Waals surface area contributed by atoms with Gasteiger partial charge in [-0.1, -0.05) is 29.8 Å². The number of nitrogens with one attached hydrogen (secondary N) is 2. The maximum atomic E-state index is 12.4. The van der Waals surface area contributed by atoms with Gasteiger partial charge in [0.05, 0.1) is 25.3 Å². The molecule has 6 nitrogen and oxygen atoms in total. The third-order valence-corrected chi connectivity index (χ3v) is 4.31. The van der Waals surface area contributed by atoms with Crippen LogP contribution < -0.4 is 20.1 Å². The molecule has 2 N–H and O–H groups in total. The van der Waals surface area contributed by atoms with Crippen molar-refractivity contribution >= 4 is 17.5 Å². The average Bonchev–Trinajstić information content (AvgIpc) is 2.62. The van der Waals surface area contributed by atoms with Crippen LogP contribution in [0.1, 0.15) is 30.5 Å². The van der Waals surface area contributed by atoms with E-state index in [0.29, 0.717) is 17.2 Å². The van der Waals surface area contributed by atoms with Crippen molar-refractivity contribution in [1.82, 2.24) is 5.32 Å². The first kappa shape index (κ1) is 17.8. The molecular formula is C20H22N2O4. The Hall–Kier alpha value is -3.02. The van der Waals surface area contributed by atoms with E-state index >= 15 is 0 Å². The molecule has 0 bridgehead atoms. The fourth-order valence-corrected chi connectivity index (χ4v) is 2.97. The summed E-state index contributed by atoms with van der Waals surface area (Å²) >= 11 is 0. The van der Waals surface area contributed by atoms with Gasteiger partial charge in [-0.15, -0.1) is 0 Å². The summed E-state index contributed by atoms with van der Waals surface area (Å²) in [6.45, 7) is 3.86. The van der Waals surface area contributed by atoms with E-state index in [9.17, 15) is 9.59 Å². The largest absolute Gasteiger partial charge is 0.496 e. The molecule has 1 aliphatic heterocycles. The van der Waals surface area contributed by atoms with E-state index in [-0.39, 0.29) is 24.3 Å². The minimum atomic E-state index is -0.850. The molecule has 0 spiro atoms. The minimum absolute atomic E-state index is 0.0569. The molecule has 26 heavy (non-hydrogen) atoms. The van der Waals surface area contributed by atoms with Crippen molar-refractivity contribution in [3.8, 4) is 11.5 Å². The number of methoxy groups -OCH3 is 1. The van der Waals surface area contributed by atoms with E-state index in [1.807, 2.05) is 44.2 Å². The SMILES string of the molecule is COc1ccc(C)cc1[C@@H](C)NC(=O)C[C@H]1Oc2ccccc2NC1=O. The first-order valence-corrected chi connectivity index (χ1v) is 8.48. The smallest absolute Gasteiger partial charge is 0.266 e. The monoisotopic (exact) mass is 354 g/mol. The van der Waals surface area contributed by atoms with E-state index in [2.05, 4.69) is 10.6 Å². The van der Waals surface area contributed by atoms with Crippen molar-refractivity contribution in [3.63, 3.8) is 0 Å². The van der Waals surface area contributed by atoms with Crippen molar-refractivity contribution in [3.05, 3.63) is 53.6 Å². The van der Waals surface area contributed by atoms with E-state index < -0.39 is 6.10 Å². The Labute approximate surface area is 152 Å². The number of rotatable bonds is 5. The summed E-state index contributed by atoms with van der Waals surface area (Å²) in [5, 5.41) is 5.67. The maximum Gasteiger partial charge on any atom is 0.266 e. The first-order chi connectivity index (χ1) is 12.5. The van der Waals surface area contributed by atoms with Crippen LogP contribution >= 0.6 is 0 Å². The number of amides is 2. The van der Waals surface area contributed by atoms with Gasteiger partial charge in [-0.25, -0.2) is 0 Å². The van der Waals surface area contributed by atoms with Crippen molar-refractivity contribution in [2.45, 2.75) is 32.4 Å². The predicted molar refractivity (Wildman–Crippen MR) is 98.4 cm³/mol. The second kappa shape index (κ2) is 7.47. The highest BCUT2D eigenvalue weighted by Gasteiger charge is 2.30. The summed E-state index contributed by atoms with van der Waals surface area (Å²) in [5.74, 6) is 0.697. The van der Waals surface area contributed by atoms with Crippen LogP contribution in [0.3, 0.4) is 0 Å². The molecule has 0 aromatic heterocycles. The van der Waals surface area contributed by atoms with Gasteiger partial charge in [0.2, 0.25) is 5.91 Å². The molecule has 136 valence electrons. The Morgan fingerprint density at radius 3 is 2.85 bits per heavy atom. The van der Waals surface area contributed by atoms with Crippen LogP contribution in [0.2, 0.25) is 0 Å². The van der Waals surface area contributed by atoms with Gasteiger partial charge in [-0.2, -0.15) is 0 Å². The van der Waals surface area contributed by atoms with E-state index in [4.69, 9.17) is 9.47 Å². The number of carbonyl (C=O) groups excluding carboxylic acids is 2. The molecule has 1 aliphatic rings. The van der Waals surface area contributed by atoms with Crippen LogP contribution in [-0.4, -0.2) is 25.0 Å². The van der Waals surface area contributed by atoms with E-state index in [0.717, 1.165) is 11.1 Å². The van der Waals surface area contributed by atoms with Crippen molar-refractivity contribution in [2.75, 3.05) is 12.4 Å². The third-order valence-electron chi connectivity index (χ3n) is 4.31. The molecule has 1 heterocycles. The van der Waals surface area contributed by atoms with E-state index in [1.165, 1.54) is 0 Å². The van der Waals surface area contributed by atoms with Crippen LogP contribution in [0.15, 0.2) is 42.5 Å². The number of para-hydroxylation sites is 2. The van der Waals surface area contributed by atoms with Crippen LogP contribution in [0.5, 0.6) is 11.5 Å². The average molecular weight is 354 g/mol. The number of benzene rings is 2. The molecule has 0 radical (unpaired) electrons. The summed E-state index contributed by atoms with van der Waals surface area (Å²) in [7, 11) is 1.60. The summed E-state index contributed by atoms with van der Waals surface area (Å²) in [4.78, 5) is 24.6. The Morgan fingerprint density at radius 1 is 1.31 bits per heavy atom. The standard InChI is InChI=1S/C20H22N2O4/c1-12-8-9-16(25-3)14(10-12)13(2)21-19(23)11-18-20(24)22-15-6-4-5-7-17(15)26-18/h4-10,13,18H,11H2,1-3H3,(H,21,23)(H,22,24)/t13-,18-/m1/s1. The van der Waals surface area contributed by atoms with E-state index in [1.54, 1.807) is 19.2 Å². The highest BCUT2D eigenvalue weighted by molar-refractivity contribution is 5.99. The summed E-state index contributed by atoms with van der Waals surface area (Å²) in [6, 6.07) is 12.7. The lowest BCUT2D eigenvalue weighted by Crippen LogP contribution is -2.41. The second-order valence-electron chi connectivity index (χ2n) is 6.33. The second-order valence-corrected chi connectivity index (χ2v) is 6.33. The molecule has 2 atom stereocenters. The Morgan fingerprint density at radius 2 is 2.08 bits per heavy atom. The number of carbonyl (C=O) groups is 2. The van der Waals surface area contributed by atoms with Gasteiger partial charge in [-0.05, 0) is 32.0 Å². The zero-order chi connectivity index (χ0) is 18.7. The molecular weight excluding hydrogens is 332 g/mol. The molecule has 3 rings (SSSR count). The van der Waals surface area contributed by atoms with Crippen LogP contribution in [0.4, 0.5) is 5.69 Å². The number of anilines is 1. The summed E-state index contributed by atoms with van der Waals surface area (Å²) < 4.78 is 11.0. The zero-order valence-corrected chi connectivity index (χ0v) is 15.0. The molecule has 0 unspecified atom stereocenters. The number of aryl methyl sites for hydroxylation is 1. The van der Waals surface area contributed by atoms with Gasteiger partial charge in [0.25, 0.3) is 5.91 Å². The topological polar surface area (TPSA) is 76.7 Å². The minimum Gasteiger partial charge on any atom is -0.496 e. The van der Waals surface area contributed by atoms with Crippen molar-refractivity contribution < 1.29 is 19.1 Å². The predicted octanol–water partition coefficient (Wildman–Crippen LogP) is 2.97. The lowest BCUT2D eigenvalue weighted by Gasteiger charge is -2.26. The number of hydrogen-bond donors (Lipinski definition) is 2. The van der Waals surface area contributed by atoms with Gasteiger partial charge in [-0.3, -0.25) is 9.59 Å². The molecule has 0 aliphatic carbocycles. The number of ether oxygens (including phenoxy) is 2. The highest BCUT2D eigenvalue weighted by atomic mass is 16.5. The molecule has 2 aromatic rings. The van der Waals surface area contributed by atoms with Crippen LogP contribution in [-0.2, 0) is 9.59 Å².